The molecular weight excluding hydrogens is 428 g/mol. The molecule has 1 saturated heterocycles. The van der Waals surface area contributed by atoms with Gasteiger partial charge in [-0.15, -0.1) is 0 Å². The third-order valence-electron chi connectivity index (χ3n) is 5.32. The van der Waals surface area contributed by atoms with Gasteiger partial charge >= 0.3 is 0 Å². The molecule has 0 radical (unpaired) electrons. The Labute approximate surface area is 189 Å². The molecule has 1 fully saturated rings. The van der Waals surface area contributed by atoms with Crippen molar-refractivity contribution < 1.29 is 19.6 Å². The van der Waals surface area contributed by atoms with Gasteiger partial charge in [-0.25, -0.2) is 0 Å². The van der Waals surface area contributed by atoms with Gasteiger partial charge in [-0.3, -0.25) is 19.8 Å². The van der Waals surface area contributed by atoms with Crippen LogP contribution in [0.15, 0.2) is 77.7 Å². The molecule has 1 amide bonds. The molecule has 0 bridgehead atoms. The number of phenolic OH excluding ortho intramolecular Hbond substituents is 1. The number of amides is 1. The van der Waals surface area contributed by atoms with Gasteiger partial charge in [-0.2, -0.15) is 0 Å². The summed E-state index contributed by atoms with van der Waals surface area (Å²) in [5, 5.41) is 21.2. The van der Waals surface area contributed by atoms with E-state index in [1.165, 1.54) is 23.9 Å². The van der Waals surface area contributed by atoms with Crippen molar-refractivity contribution in [3.8, 4) is 11.5 Å². The molecule has 3 aromatic carbocycles. The van der Waals surface area contributed by atoms with E-state index in [9.17, 15) is 20.0 Å². The van der Waals surface area contributed by atoms with Gasteiger partial charge in [-0.05, 0) is 48.9 Å². The highest BCUT2D eigenvalue weighted by atomic mass is 32.2. The minimum Gasteiger partial charge on any atom is -0.507 e. The first-order valence-electron chi connectivity index (χ1n) is 9.76. The molecular formula is C24H20N2O5S. The number of nitrogens with zero attached hydrogens (tertiary/aromatic N) is 2. The molecule has 1 heterocycles. The Hall–Kier alpha value is -3.78. The van der Waals surface area contributed by atoms with E-state index in [0.29, 0.717) is 21.9 Å². The van der Waals surface area contributed by atoms with Gasteiger partial charge in [-0.1, -0.05) is 42.1 Å². The second-order valence-corrected chi connectivity index (χ2v) is 8.73. The van der Waals surface area contributed by atoms with Crippen molar-refractivity contribution in [2.75, 3.05) is 12.0 Å². The third kappa shape index (κ3) is 3.80. The molecule has 3 aromatic rings. The first kappa shape index (κ1) is 21.5. The number of anilines is 1. The van der Waals surface area contributed by atoms with E-state index in [2.05, 4.69) is 0 Å². The topological polar surface area (TPSA) is 92.9 Å². The Balaban J connectivity index is 1.83. The normalized spacial score (nSPS) is 19.4. The highest BCUT2D eigenvalue weighted by Crippen LogP contribution is 2.53. The zero-order chi connectivity index (χ0) is 22.9. The van der Waals surface area contributed by atoms with Crippen molar-refractivity contribution in [1.82, 2.24) is 0 Å². The maximum Gasteiger partial charge on any atom is 0.269 e. The largest absolute Gasteiger partial charge is 0.507 e. The van der Waals surface area contributed by atoms with Crippen molar-refractivity contribution >= 4 is 35.1 Å². The number of carbonyl (C=O) groups is 1. The van der Waals surface area contributed by atoms with Crippen LogP contribution in [-0.2, 0) is 9.67 Å². The van der Waals surface area contributed by atoms with Gasteiger partial charge in [0.2, 0.25) is 0 Å². The zero-order valence-corrected chi connectivity index (χ0v) is 18.2. The molecule has 1 atom stereocenters. The molecule has 4 rings (SSSR count). The summed E-state index contributed by atoms with van der Waals surface area (Å²) in [6, 6.07) is 20.1. The van der Waals surface area contributed by atoms with E-state index >= 15 is 0 Å². The molecule has 1 aliphatic rings. The van der Waals surface area contributed by atoms with Gasteiger partial charge in [0, 0.05) is 23.4 Å². The number of para-hydroxylation sites is 1. The number of nitro benzene ring substituents is 1. The minimum absolute atomic E-state index is 0.0517. The van der Waals surface area contributed by atoms with Crippen LogP contribution in [0, 0.1) is 10.1 Å². The quantitative estimate of drug-likeness (QED) is 0.323. The molecule has 0 spiro atoms. The van der Waals surface area contributed by atoms with Gasteiger partial charge in [0.15, 0.2) is 0 Å². The third-order valence-corrected chi connectivity index (χ3v) is 6.65. The predicted molar refractivity (Wildman–Crippen MR) is 125 cm³/mol. The van der Waals surface area contributed by atoms with Crippen molar-refractivity contribution in [1.29, 1.82) is 0 Å². The lowest BCUT2D eigenvalue weighted by Gasteiger charge is -2.34. The number of non-ortho nitro benzene ring substituents is 1. The first-order valence-corrected chi connectivity index (χ1v) is 10.6. The predicted octanol–water partition coefficient (Wildman–Crippen LogP) is 5.30. The van der Waals surface area contributed by atoms with Gasteiger partial charge < -0.3 is 9.84 Å². The zero-order valence-electron chi connectivity index (χ0n) is 17.4. The number of hydrogen-bond donors (Lipinski definition) is 1. The lowest BCUT2D eigenvalue weighted by Crippen LogP contribution is -2.39. The Kier molecular flexibility index (Phi) is 5.63. The van der Waals surface area contributed by atoms with Gasteiger partial charge in [0.05, 0.1) is 16.9 Å². The smallest absolute Gasteiger partial charge is 0.269 e. The van der Waals surface area contributed by atoms with Gasteiger partial charge in [0.1, 0.15) is 16.4 Å². The lowest BCUT2D eigenvalue weighted by atomic mass is 10.0. The monoisotopic (exact) mass is 448 g/mol. The molecule has 1 N–H and O–H groups in total. The number of ether oxygens (including phenoxy) is 1. The summed E-state index contributed by atoms with van der Waals surface area (Å²) in [7, 11) is 1.58. The second-order valence-electron chi connectivity index (χ2n) is 7.29. The van der Waals surface area contributed by atoms with E-state index in [0.717, 1.165) is 5.56 Å². The highest BCUT2D eigenvalue weighted by molar-refractivity contribution is 8.05. The number of carbonyl (C=O) groups excluding carboxylic acids is 1. The highest BCUT2D eigenvalue weighted by Gasteiger charge is 2.48. The fraction of sp³-hybridized carbons (Fsp3) is 0.125. The number of rotatable bonds is 5. The van der Waals surface area contributed by atoms with Gasteiger partial charge in [0.25, 0.3) is 11.6 Å². The molecule has 7 nitrogen and oxygen atoms in total. The number of phenols is 1. The van der Waals surface area contributed by atoms with Crippen molar-refractivity contribution in [3.63, 3.8) is 0 Å². The summed E-state index contributed by atoms with van der Waals surface area (Å²) >= 11 is 1.36. The Morgan fingerprint density at radius 1 is 1.06 bits per heavy atom. The van der Waals surface area contributed by atoms with E-state index in [1.54, 1.807) is 54.5 Å². The van der Waals surface area contributed by atoms with Crippen molar-refractivity contribution in [2.45, 2.75) is 11.8 Å². The fourth-order valence-electron chi connectivity index (χ4n) is 3.62. The van der Waals surface area contributed by atoms with Crippen LogP contribution in [0.1, 0.15) is 18.1 Å². The van der Waals surface area contributed by atoms with E-state index in [-0.39, 0.29) is 17.3 Å². The Morgan fingerprint density at radius 3 is 2.31 bits per heavy atom. The standard InChI is InChI=1S/C24H20N2O5S/c1-24(17-7-13-20(31-2)14-8-17)25(18-9-11-19(12-10-18)26(29)30)23(28)22(32-24)15-16-5-3-4-6-21(16)27/h3-15,27H,1-2H3/b22-15+. The number of benzene rings is 3. The molecule has 1 aliphatic heterocycles. The fourth-order valence-corrected chi connectivity index (χ4v) is 4.95. The van der Waals surface area contributed by atoms with Crippen LogP contribution in [0.4, 0.5) is 11.4 Å². The summed E-state index contributed by atoms with van der Waals surface area (Å²) in [4.78, 5) is 25.4. The number of nitro groups is 1. The summed E-state index contributed by atoms with van der Waals surface area (Å²) in [6.45, 7) is 1.92. The summed E-state index contributed by atoms with van der Waals surface area (Å²) in [5.74, 6) is 0.511. The van der Waals surface area contributed by atoms with Crippen molar-refractivity contribution in [3.05, 3.63) is 98.9 Å². The number of methoxy groups -OCH3 is 1. The van der Waals surface area contributed by atoms with E-state index in [4.69, 9.17) is 4.74 Å². The van der Waals surface area contributed by atoms with E-state index < -0.39 is 9.79 Å². The van der Waals surface area contributed by atoms with Crippen LogP contribution in [0.25, 0.3) is 6.08 Å². The Bertz CT molecular complexity index is 1210. The molecule has 8 heteroatoms. The average Bonchev–Trinajstić information content (AvgIpc) is 3.06. The minimum atomic E-state index is -0.824. The lowest BCUT2D eigenvalue weighted by molar-refractivity contribution is -0.384. The van der Waals surface area contributed by atoms with Crippen LogP contribution < -0.4 is 9.64 Å². The number of aromatic hydroxyl groups is 1. The molecule has 0 saturated carbocycles. The molecule has 1 unspecified atom stereocenters. The first-order chi connectivity index (χ1) is 15.3. The van der Waals surface area contributed by atoms with E-state index in [1.807, 2.05) is 31.2 Å². The molecule has 0 aromatic heterocycles. The van der Waals surface area contributed by atoms with Crippen LogP contribution in [-0.4, -0.2) is 23.0 Å². The maximum absolute atomic E-state index is 13.5. The second kappa shape index (κ2) is 8.39. The summed E-state index contributed by atoms with van der Waals surface area (Å²) in [6.07, 6.45) is 1.66. The maximum atomic E-state index is 13.5. The molecule has 162 valence electrons. The number of hydrogen-bond acceptors (Lipinski definition) is 6. The molecule has 32 heavy (non-hydrogen) atoms. The average molecular weight is 449 g/mol. The number of thioether (sulfide) groups is 1. The summed E-state index contributed by atoms with van der Waals surface area (Å²) in [5.41, 5.74) is 1.87. The Morgan fingerprint density at radius 2 is 1.72 bits per heavy atom. The SMILES string of the molecule is COc1ccc(C2(C)S/C(=C/c3ccccc3O)C(=O)N2c2ccc([N+](=O)[O-])cc2)cc1. The summed E-state index contributed by atoms with van der Waals surface area (Å²) < 4.78 is 5.26. The van der Waals surface area contributed by atoms with Crippen molar-refractivity contribution in [2.24, 2.45) is 0 Å². The van der Waals surface area contributed by atoms with Crippen LogP contribution >= 0.6 is 11.8 Å². The van der Waals surface area contributed by atoms with Crippen LogP contribution in [0.2, 0.25) is 0 Å². The van der Waals surface area contributed by atoms with Crippen LogP contribution in [0.3, 0.4) is 0 Å². The van der Waals surface area contributed by atoms with Crippen LogP contribution in [0.5, 0.6) is 11.5 Å². The molecule has 0 aliphatic carbocycles.